The Morgan fingerprint density at radius 2 is 1.92 bits per heavy atom. The summed E-state index contributed by atoms with van der Waals surface area (Å²) in [4.78, 5) is 19.8. The zero-order valence-corrected chi connectivity index (χ0v) is 15.4. The maximum Gasteiger partial charge on any atom is 0.239 e. The molecular weight excluding hydrogens is 314 g/mol. The lowest BCUT2D eigenvalue weighted by atomic mass is 9.93. The lowest BCUT2D eigenvalue weighted by molar-refractivity contribution is -0.157. The summed E-state index contributed by atoms with van der Waals surface area (Å²) in [6, 6.07) is 8.52. The van der Waals surface area contributed by atoms with Gasteiger partial charge in [0.15, 0.2) is 0 Å². The molecule has 0 aromatic heterocycles. The minimum atomic E-state index is -0.285. The number of morpholine rings is 1. The summed E-state index contributed by atoms with van der Waals surface area (Å²) >= 11 is 0. The molecule has 1 amide bonds. The number of hydrogen-bond donors (Lipinski definition) is 0. The molecule has 3 aliphatic rings. The molecule has 0 N–H and O–H groups in total. The number of carbonyl (C=O) groups excluding carboxylic acids is 1. The average Bonchev–Trinajstić information content (AvgIpc) is 2.99. The molecule has 1 spiro atoms. The highest BCUT2D eigenvalue weighted by Crippen LogP contribution is 2.42. The molecule has 2 aliphatic heterocycles. The third-order valence-corrected chi connectivity index (χ3v) is 6.25. The van der Waals surface area contributed by atoms with E-state index in [0.717, 1.165) is 39.0 Å². The summed E-state index contributed by atoms with van der Waals surface area (Å²) in [5.41, 5.74) is 2.38. The summed E-state index contributed by atoms with van der Waals surface area (Å²) in [5, 5.41) is 0. The van der Waals surface area contributed by atoms with Crippen LogP contribution in [0.2, 0.25) is 0 Å². The van der Waals surface area contributed by atoms with Crippen molar-refractivity contribution in [3.05, 3.63) is 35.4 Å². The molecule has 25 heavy (non-hydrogen) atoms. The highest BCUT2D eigenvalue weighted by Gasteiger charge is 2.45. The first kappa shape index (κ1) is 17.0. The number of aryl methyl sites for hydroxylation is 1. The number of ether oxygens (including phenoxy) is 1. The van der Waals surface area contributed by atoms with Crippen LogP contribution in [-0.4, -0.2) is 79.6 Å². The second-order valence-corrected chi connectivity index (χ2v) is 7.77. The van der Waals surface area contributed by atoms with Crippen LogP contribution in [0.1, 0.15) is 24.5 Å². The molecule has 0 saturated carbocycles. The molecule has 5 nitrogen and oxygen atoms in total. The molecule has 0 bridgehead atoms. The largest absolute Gasteiger partial charge is 0.367 e. The van der Waals surface area contributed by atoms with E-state index < -0.39 is 0 Å². The molecule has 0 radical (unpaired) electrons. The number of fused-ring (bicyclic) bond motifs is 2. The predicted molar refractivity (Wildman–Crippen MR) is 97.5 cm³/mol. The summed E-state index contributed by atoms with van der Waals surface area (Å²) in [7, 11) is 2.15. The van der Waals surface area contributed by atoms with Gasteiger partial charge in [0.1, 0.15) is 5.60 Å². The van der Waals surface area contributed by atoms with E-state index >= 15 is 0 Å². The number of likely N-dealkylation sites (N-methyl/N-ethyl adjacent to an activating group) is 1. The van der Waals surface area contributed by atoms with Crippen LogP contribution in [0.3, 0.4) is 0 Å². The smallest absolute Gasteiger partial charge is 0.239 e. The molecule has 2 fully saturated rings. The molecule has 4 rings (SSSR count). The van der Waals surface area contributed by atoms with Crippen molar-refractivity contribution in [3.8, 4) is 0 Å². The lowest BCUT2D eigenvalue weighted by Crippen LogP contribution is -2.58. The zero-order chi connectivity index (χ0) is 17.4. The molecule has 136 valence electrons. The highest BCUT2D eigenvalue weighted by molar-refractivity contribution is 5.81. The first-order chi connectivity index (χ1) is 12.1. The fourth-order valence-electron chi connectivity index (χ4n) is 4.57. The van der Waals surface area contributed by atoms with Gasteiger partial charge in [0.05, 0.1) is 19.2 Å². The number of hydrogen-bond acceptors (Lipinski definition) is 4. The number of rotatable bonds is 2. The topological polar surface area (TPSA) is 36.0 Å². The maximum atomic E-state index is 13.1. The van der Waals surface area contributed by atoms with Crippen molar-refractivity contribution in [2.75, 3.05) is 52.9 Å². The van der Waals surface area contributed by atoms with Gasteiger partial charge in [0, 0.05) is 32.7 Å². The van der Waals surface area contributed by atoms with Crippen molar-refractivity contribution >= 4 is 5.91 Å². The van der Waals surface area contributed by atoms with Gasteiger partial charge in [-0.2, -0.15) is 0 Å². The van der Waals surface area contributed by atoms with Crippen molar-refractivity contribution in [2.45, 2.75) is 31.4 Å². The summed E-state index contributed by atoms with van der Waals surface area (Å²) in [5.74, 6) is 0.261. The van der Waals surface area contributed by atoms with Gasteiger partial charge in [-0.05, 0) is 37.9 Å². The monoisotopic (exact) mass is 343 g/mol. The fraction of sp³-hybridized carbons (Fsp3) is 0.650. The van der Waals surface area contributed by atoms with Crippen LogP contribution >= 0.6 is 0 Å². The third-order valence-electron chi connectivity index (χ3n) is 6.25. The molecule has 1 aliphatic carbocycles. The number of piperazine rings is 1. The molecule has 5 heteroatoms. The molecule has 1 aromatic rings. The fourth-order valence-corrected chi connectivity index (χ4v) is 4.57. The van der Waals surface area contributed by atoms with Crippen molar-refractivity contribution in [1.29, 1.82) is 0 Å². The van der Waals surface area contributed by atoms with E-state index in [-0.39, 0.29) is 17.6 Å². The SMILES string of the molecule is C[C@H](C(=O)N1CCO[C@]2(CCc3ccccc32)C1)N1CCN(C)CC1. The van der Waals surface area contributed by atoms with E-state index in [1.54, 1.807) is 0 Å². The van der Waals surface area contributed by atoms with Gasteiger partial charge >= 0.3 is 0 Å². The molecule has 2 heterocycles. The molecule has 1 aromatic carbocycles. The Hall–Kier alpha value is -1.43. The molecular formula is C20H29N3O2. The number of amides is 1. The van der Waals surface area contributed by atoms with Gasteiger partial charge in [0.2, 0.25) is 5.91 Å². The van der Waals surface area contributed by atoms with E-state index in [9.17, 15) is 4.79 Å². The minimum absolute atomic E-state index is 0.0412. The Balaban J connectivity index is 1.47. The van der Waals surface area contributed by atoms with Crippen molar-refractivity contribution in [3.63, 3.8) is 0 Å². The third kappa shape index (κ3) is 3.09. The number of nitrogens with zero attached hydrogens (tertiary/aromatic N) is 3. The normalized spacial score (nSPS) is 29.0. The quantitative estimate of drug-likeness (QED) is 0.812. The van der Waals surface area contributed by atoms with Crippen LogP contribution in [-0.2, 0) is 21.6 Å². The second kappa shape index (κ2) is 6.71. The Bertz CT molecular complexity index is 638. The van der Waals surface area contributed by atoms with Gasteiger partial charge in [0.25, 0.3) is 0 Å². The van der Waals surface area contributed by atoms with Crippen LogP contribution in [0.15, 0.2) is 24.3 Å². The standard InChI is InChI=1S/C20H29N3O2/c1-16(22-11-9-21(2)10-12-22)19(24)23-13-14-25-20(15-23)8-7-17-5-3-4-6-18(17)20/h3-6,16H,7-15H2,1-2H3/t16-,20-/m1/s1. The number of benzene rings is 1. The van der Waals surface area contributed by atoms with Crippen LogP contribution in [0, 0.1) is 0 Å². The van der Waals surface area contributed by atoms with Gasteiger partial charge in [-0.1, -0.05) is 24.3 Å². The van der Waals surface area contributed by atoms with Gasteiger partial charge in [-0.25, -0.2) is 0 Å². The van der Waals surface area contributed by atoms with Gasteiger partial charge < -0.3 is 14.5 Å². The maximum absolute atomic E-state index is 13.1. The van der Waals surface area contributed by atoms with Crippen molar-refractivity contribution in [2.24, 2.45) is 0 Å². The summed E-state index contributed by atoms with van der Waals surface area (Å²) in [6.07, 6.45) is 2.03. The number of carbonyl (C=O) groups is 1. The van der Waals surface area contributed by atoms with Crippen LogP contribution in [0.25, 0.3) is 0 Å². The van der Waals surface area contributed by atoms with Gasteiger partial charge in [-0.15, -0.1) is 0 Å². The Labute approximate surface area is 150 Å². The zero-order valence-electron chi connectivity index (χ0n) is 15.4. The second-order valence-electron chi connectivity index (χ2n) is 7.77. The van der Waals surface area contributed by atoms with E-state index in [0.29, 0.717) is 19.7 Å². The Morgan fingerprint density at radius 3 is 2.72 bits per heavy atom. The lowest BCUT2D eigenvalue weighted by Gasteiger charge is -2.44. The van der Waals surface area contributed by atoms with Crippen LogP contribution in [0.4, 0.5) is 0 Å². The summed E-state index contributed by atoms with van der Waals surface area (Å²) < 4.78 is 6.26. The minimum Gasteiger partial charge on any atom is -0.367 e. The van der Waals surface area contributed by atoms with Crippen LogP contribution in [0.5, 0.6) is 0 Å². The highest BCUT2D eigenvalue weighted by atomic mass is 16.5. The first-order valence-corrected chi connectivity index (χ1v) is 9.53. The van der Waals surface area contributed by atoms with E-state index in [4.69, 9.17) is 4.74 Å². The molecule has 2 saturated heterocycles. The van der Waals surface area contributed by atoms with Gasteiger partial charge in [-0.3, -0.25) is 9.69 Å². The Morgan fingerprint density at radius 1 is 1.16 bits per heavy atom. The van der Waals surface area contributed by atoms with Crippen molar-refractivity contribution < 1.29 is 9.53 Å². The Kier molecular flexibility index (Phi) is 4.56. The van der Waals surface area contributed by atoms with Crippen molar-refractivity contribution in [1.82, 2.24) is 14.7 Å². The molecule has 0 unspecified atom stereocenters. The first-order valence-electron chi connectivity index (χ1n) is 9.53. The average molecular weight is 343 g/mol. The van der Waals surface area contributed by atoms with Crippen LogP contribution < -0.4 is 0 Å². The summed E-state index contributed by atoms with van der Waals surface area (Å²) in [6.45, 7) is 8.13. The molecule has 2 atom stereocenters. The van der Waals surface area contributed by atoms with E-state index in [1.807, 2.05) is 0 Å². The van der Waals surface area contributed by atoms with E-state index in [1.165, 1.54) is 11.1 Å². The van der Waals surface area contributed by atoms with E-state index in [2.05, 4.69) is 52.9 Å². The predicted octanol–water partition coefficient (Wildman–Crippen LogP) is 1.32.